The van der Waals surface area contributed by atoms with Gasteiger partial charge in [-0.1, -0.05) is 48.5 Å². The maximum absolute atomic E-state index is 12.3. The van der Waals surface area contributed by atoms with E-state index in [1.54, 1.807) is 24.4 Å². The van der Waals surface area contributed by atoms with Crippen molar-refractivity contribution in [3.63, 3.8) is 0 Å². The summed E-state index contributed by atoms with van der Waals surface area (Å²) in [6.07, 6.45) is 2.42. The summed E-state index contributed by atoms with van der Waals surface area (Å²) in [5.41, 5.74) is 2.76. The maximum atomic E-state index is 12.3. The van der Waals surface area contributed by atoms with Crippen LogP contribution in [0.15, 0.2) is 79.0 Å². The van der Waals surface area contributed by atoms with Crippen LogP contribution in [0.5, 0.6) is 5.75 Å². The van der Waals surface area contributed by atoms with Gasteiger partial charge >= 0.3 is 0 Å². The summed E-state index contributed by atoms with van der Waals surface area (Å²) in [6.45, 7) is 4.27. The van der Waals surface area contributed by atoms with Crippen LogP contribution in [0.2, 0.25) is 0 Å². The van der Waals surface area contributed by atoms with Crippen molar-refractivity contribution in [2.24, 2.45) is 0 Å². The molecule has 0 radical (unpaired) electrons. The standard InChI is InChI=1S/C27H28N6O2/c34-27(24-11-4-5-13-28-24)29-18-26-31-30-25-12-14-32(15-16-33(25)26)19-22-9-6-10-23(17-22)35-20-21-7-2-1-3-8-21/h1-11,13,17H,12,14-16,18-20H2,(H,29,34). The molecule has 4 aromatic rings. The normalized spacial score (nSPS) is 13.6. The van der Waals surface area contributed by atoms with Gasteiger partial charge in [0, 0.05) is 38.8 Å². The Morgan fingerprint density at radius 3 is 2.63 bits per heavy atom. The quantitative estimate of drug-likeness (QED) is 0.427. The number of fused-ring (bicyclic) bond motifs is 1. The highest BCUT2D eigenvalue weighted by molar-refractivity contribution is 5.92. The van der Waals surface area contributed by atoms with Crippen molar-refractivity contribution in [2.75, 3.05) is 13.1 Å². The number of pyridine rings is 1. The molecule has 0 aliphatic carbocycles. The summed E-state index contributed by atoms with van der Waals surface area (Å²) in [4.78, 5) is 18.8. The van der Waals surface area contributed by atoms with Crippen molar-refractivity contribution >= 4 is 5.91 Å². The fourth-order valence-corrected chi connectivity index (χ4v) is 4.20. The molecule has 8 nitrogen and oxygen atoms in total. The van der Waals surface area contributed by atoms with E-state index in [9.17, 15) is 4.79 Å². The minimum Gasteiger partial charge on any atom is -0.489 e. The highest BCUT2D eigenvalue weighted by Gasteiger charge is 2.19. The number of benzene rings is 2. The van der Waals surface area contributed by atoms with E-state index in [0.29, 0.717) is 18.8 Å². The third-order valence-corrected chi connectivity index (χ3v) is 6.05. The molecule has 3 heterocycles. The monoisotopic (exact) mass is 468 g/mol. The summed E-state index contributed by atoms with van der Waals surface area (Å²) in [6, 6.07) is 23.8. The Morgan fingerprint density at radius 2 is 1.77 bits per heavy atom. The second kappa shape index (κ2) is 10.9. The lowest BCUT2D eigenvalue weighted by molar-refractivity contribution is 0.0944. The van der Waals surface area contributed by atoms with Crippen molar-refractivity contribution in [3.8, 4) is 5.75 Å². The van der Waals surface area contributed by atoms with Crippen molar-refractivity contribution in [2.45, 2.75) is 32.7 Å². The minimum atomic E-state index is -0.215. The van der Waals surface area contributed by atoms with Gasteiger partial charge in [0.2, 0.25) is 0 Å². The summed E-state index contributed by atoms with van der Waals surface area (Å²) in [5, 5.41) is 11.6. The Labute approximate surface area is 204 Å². The zero-order valence-corrected chi connectivity index (χ0v) is 19.5. The Morgan fingerprint density at radius 1 is 0.914 bits per heavy atom. The first-order valence-corrected chi connectivity index (χ1v) is 11.8. The van der Waals surface area contributed by atoms with E-state index >= 15 is 0 Å². The predicted molar refractivity (Wildman–Crippen MR) is 132 cm³/mol. The van der Waals surface area contributed by atoms with Crippen LogP contribution in [0, 0.1) is 0 Å². The molecule has 0 fully saturated rings. The molecule has 0 spiro atoms. The van der Waals surface area contributed by atoms with Crippen molar-refractivity contribution in [1.29, 1.82) is 0 Å². The zero-order chi connectivity index (χ0) is 23.9. The number of hydrogen-bond acceptors (Lipinski definition) is 6. The van der Waals surface area contributed by atoms with Gasteiger partial charge < -0.3 is 14.6 Å². The number of nitrogens with one attached hydrogen (secondary N) is 1. The van der Waals surface area contributed by atoms with E-state index in [-0.39, 0.29) is 5.91 Å². The molecule has 1 amide bonds. The van der Waals surface area contributed by atoms with E-state index in [1.165, 1.54) is 5.56 Å². The number of carbonyl (C=O) groups excluding carboxylic acids is 1. The highest BCUT2D eigenvalue weighted by atomic mass is 16.5. The van der Waals surface area contributed by atoms with E-state index in [0.717, 1.165) is 55.6 Å². The Kier molecular flexibility index (Phi) is 7.10. The van der Waals surface area contributed by atoms with Crippen LogP contribution in [0.25, 0.3) is 0 Å². The molecule has 0 saturated carbocycles. The Hall–Kier alpha value is -4.04. The van der Waals surface area contributed by atoms with Gasteiger partial charge in [-0.05, 0) is 35.4 Å². The van der Waals surface area contributed by atoms with Crippen LogP contribution < -0.4 is 10.1 Å². The summed E-state index contributed by atoms with van der Waals surface area (Å²) in [7, 11) is 0. The SMILES string of the molecule is O=C(NCc1nnc2n1CCN(Cc1cccc(OCc3ccccc3)c1)CC2)c1ccccn1. The molecule has 1 N–H and O–H groups in total. The lowest BCUT2D eigenvalue weighted by atomic mass is 10.2. The third-order valence-electron chi connectivity index (χ3n) is 6.05. The average Bonchev–Trinajstić information content (AvgIpc) is 3.19. The number of ether oxygens (including phenoxy) is 1. The molecule has 5 rings (SSSR count). The average molecular weight is 469 g/mol. The van der Waals surface area contributed by atoms with Crippen LogP contribution in [0.3, 0.4) is 0 Å². The van der Waals surface area contributed by atoms with Crippen LogP contribution in [0.1, 0.15) is 33.3 Å². The minimum absolute atomic E-state index is 0.215. The van der Waals surface area contributed by atoms with E-state index in [1.807, 2.05) is 30.3 Å². The number of aromatic nitrogens is 4. The number of rotatable bonds is 8. The molecule has 0 bridgehead atoms. The van der Waals surface area contributed by atoms with Crippen LogP contribution in [-0.4, -0.2) is 43.6 Å². The first-order valence-electron chi connectivity index (χ1n) is 11.8. The van der Waals surface area contributed by atoms with Gasteiger partial charge in [-0.3, -0.25) is 14.7 Å². The van der Waals surface area contributed by atoms with Crippen molar-refractivity contribution in [1.82, 2.24) is 30.0 Å². The molecule has 1 aliphatic heterocycles. The summed E-state index contributed by atoms with van der Waals surface area (Å²) in [5.74, 6) is 2.38. The van der Waals surface area contributed by atoms with Crippen LogP contribution in [0.4, 0.5) is 0 Å². The van der Waals surface area contributed by atoms with Crippen LogP contribution in [-0.2, 0) is 32.7 Å². The smallest absolute Gasteiger partial charge is 0.270 e. The number of amides is 1. The molecular formula is C27H28N6O2. The third kappa shape index (κ3) is 5.91. The van der Waals surface area contributed by atoms with Gasteiger partial charge in [0.05, 0.1) is 6.54 Å². The second-order valence-electron chi connectivity index (χ2n) is 8.53. The molecular weight excluding hydrogens is 440 g/mol. The largest absolute Gasteiger partial charge is 0.489 e. The Bertz CT molecular complexity index is 1260. The molecule has 1 aliphatic rings. The maximum Gasteiger partial charge on any atom is 0.270 e. The Balaban J connectivity index is 1.16. The van der Waals surface area contributed by atoms with Gasteiger partial charge in [-0.2, -0.15) is 0 Å². The highest BCUT2D eigenvalue weighted by Crippen LogP contribution is 2.18. The molecule has 8 heteroatoms. The number of carbonyl (C=O) groups is 1. The molecule has 0 atom stereocenters. The fourth-order valence-electron chi connectivity index (χ4n) is 4.20. The van der Waals surface area contributed by atoms with Gasteiger partial charge in [-0.15, -0.1) is 10.2 Å². The van der Waals surface area contributed by atoms with E-state index in [2.05, 4.69) is 54.2 Å². The molecule has 2 aromatic heterocycles. The van der Waals surface area contributed by atoms with Crippen LogP contribution >= 0.6 is 0 Å². The number of hydrogen-bond donors (Lipinski definition) is 1. The molecule has 35 heavy (non-hydrogen) atoms. The lowest BCUT2D eigenvalue weighted by Gasteiger charge is -2.20. The van der Waals surface area contributed by atoms with E-state index < -0.39 is 0 Å². The second-order valence-corrected chi connectivity index (χ2v) is 8.53. The van der Waals surface area contributed by atoms with Gasteiger partial charge in [-0.25, -0.2) is 0 Å². The van der Waals surface area contributed by atoms with Crippen molar-refractivity contribution < 1.29 is 9.53 Å². The lowest BCUT2D eigenvalue weighted by Crippen LogP contribution is -2.28. The topological polar surface area (TPSA) is 85.2 Å². The van der Waals surface area contributed by atoms with Gasteiger partial charge in [0.25, 0.3) is 5.91 Å². The molecule has 0 unspecified atom stereocenters. The summed E-state index contributed by atoms with van der Waals surface area (Å²) < 4.78 is 8.12. The fraction of sp³-hybridized carbons (Fsp3) is 0.259. The molecule has 178 valence electrons. The molecule has 2 aromatic carbocycles. The van der Waals surface area contributed by atoms with E-state index in [4.69, 9.17) is 4.74 Å². The molecule has 0 saturated heterocycles. The first kappa shape index (κ1) is 22.7. The zero-order valence-electron chi connectivity index (χ0n) is 19.5. The summed E-state index contributed by atoms with van der Waals surface area (Å²) >= 11 is 0. The number of nitrogens with zero attached hydrogens (tertiary/aromatic N) is 5. The van der Waals surface area contributed by atoms with Gasteiger partial charge in [0.15, 0.2) is 5.82 Å². The van der Waals surface area contributed by atoms with Gasteiger partial charge in [0.1, 0.15) is 23.9 Å². The predicted octanol–water partition coefficient (Wildman–Crippen LogP) is 3.24. The van der Waals surface area contributed by atoms with Crippen molar-refractivity contribution in [3.05, 3.63) is 107 Å². The first-order chi connectivity index (χ1) is 17.2.